The standard InChI is InChI=1S/C21H24F2N2O2/c1-16-5-4-6-17(13-16)14-25-12-11-24(10-9-20(25)26)15-18-7-2-3-8-19(18)27-21(22)23/h2-8,13,21H,9-12,14-15H2,1H3. The molecule has 144 valence electrons. The second-order valence-electron chi connectivity index (χ2n) is 6.82. The van der Waals surface area contributed by atoms with Gasteiger partial charge in [-0.05, 0) is 18.6 Å². The number of para-hydroxylation sites is 1. The summed E-state index contributed by atoms with van der Waals surface area (Å²) in [5, 5.41) is 0. The Bertz CT molecular complexity index is 782. The molecule has 6 heteroatoms. The van der Waals surface area contributed by atoms with Gasteiger partial charge in [-0.2, -0.15) is 8.78 Å². The molecule has 1 aliphatic rings. The van der Waals surface area contributed by atoms with Crippen LogP contribution in [0.1, 0.15) is 23.1 Å². The van der Waals surface area contributed by atoms with Crippen LogP contribution in [-0.4, -0.2) is 42.0 Å². The normalized spacial score (nSPS) is 15.9. The van der Waals surface area contributed by atoms with Gasteiger partial charge in [0, 0.05) is 44.7 Å². The highest BCUT2D eigenvalue weighted by atomic mass is 19.3. The predicted molar refractivity (Wildman–Crippen MR) is 99.6 cm³/mol. The number of amides is 1. The monoisotopic (exact) mass is 374 g/mol. The van der Waals surface area contributed by atoms with Crippen LogP contribution in [0.3, 0.4) is 0 Å². The first kappa shape index (κ1) is 19.3. The first-order valence-corrected chi connectivity index (χ1v) is 9.09. The van der Waals surface area contributed by atoms with E-state index in [-0.39, 0.29) is 11.7 Å². The second-order valence-corrected chi connectivity index (χ2v) is 6.82. The minimum atomic E-state index is -2.85. The van der Waals surface area contributed by atoms with Crippen molar-refractivity contribution >= 4 is 5.91 Å². The molecule has 1 fully saturated rings. The number of alkyl halides is 2. The van der Waals surface area contributed by atoms with Crippen LogP contribution in [-0.2, 0) is 17.9 Å². The molecule has 0 atom stereocenters. The van der Waals surface area contributed by atoms with Gasteiger partial charge in [0.15, 0.2) is 0 Å². The quantitative estimate of drug-likeness (QED) is 0.770. The molecule has 2 aromatic carbocycles. The van der Waals surface area contributed by atoms with Crippen molar-refractivity contribution in [3.05, 3.63) is 65.2 Å². The predicted octanol–water partition coefficient (Wildman–Crippen LogP) is 3.83. The average Bonchev–Trinajstić information content (AvgIpc) is 2.79. The zero-order valence-corrected chi connectivity index (χ0v) is 15.4. The molecular formula is C21H24F2N2O2. The molecule has 4 nitrogen and oxygen atoms in total. The fourth-order valence-electron chi connectivity index (χ4n) is 3.35. The van der Waals surface area contributed by atoms with Crippen molar-refractivity contribution in [3.8, 4) is 5.75 Å². The van der Waals surface area contributed by atoms with Gasteiger partial charge >= 0.3 is 6.61 Å². The first-order chi connectivity index (χ1) is 13.0. The lowest BCUT2D eigenvalue weighted by atomic mass is 10.1. The van der Waals surface area contributed by atoms with Crippen LogP contribution >= 0.6 is 0 Å². The van der Waals surface area contributed by atoms with Gasteiger partial charge in [-0.1, -0.05) is 48.0 Å². The highest BCUT2D eigenvalue weighted by Gasteiger charge is 2.22. The number of halogens is 2. The number of rotatable bonds is 6. The van der Waals surface area contributed by atoms with E-state index in [2.05, 4.69) is 15.7 Å². The smallest absolute Gasteiger partial charge is 0.387 e. The van der Waals surface area contributed by atoms with Crippen LogP contribution in [0.25, 0.3) is 0 Å². The second kappa shape index (κ2) is 8.95. The first-order valence-electron chi connectivity index (χ1n) is 9.09. The molecule has 0 aliphatic carbocycles. The molecule has 1 amide bonds. The number of hydrogen-bond donors (Lipinski definition) is 0. The van der Waals surface area contributed by atoms with E-state index in [1.807, 2.05) is 30.0 Å². The molecular weight excluding hydrogens is 350 g/mol. The van der Waals surface area contributed by atoms with Crippen LogP contribution in [0.4, 0.5) is 8.78 Å². The highest BCUT2D eigenvalue weighted by Crippen LogP contribution is 2.23. The fraction of sp³-hybridized carbons (Fsp3) is 0.381. The fourth-order valence-corrected chi connectivity index (χ4v) is 3.35. The summed E-state index contributed by atoms with van der Waals surface area (Å²) in [7, 11) is 0. The van der Waals surface area contributed by atoms with Crippen molar-refractivity contribution in [2.24, 2.45) is 0 Å². The maximum absolute atomic E-state index is 12.6. The van der Waals surface area contributed by atoms with E-state index in [1.54, 1.807) is 24.3 Å². The Balaban J connectivity index is 1.63. The molecule has 0 spiro atoms. The molecule has 2 aromatic rings. The summed E-state index contributed by atoms with van der Waals surface area (Å²) in [5.74, 6) is 0.316. The Hall–Kier alpha value is -2.47. The average molecular weight is 374 g/mol. The number of ether oxygens (including phenoxy) is 1. The Kier molecular flexibility index (Phi) is 6.40. The lowest BCUT2D eigenvalue weighted by Crippen LogP contribution is -2.32. The van der Waals surface area contributed by atoms with Crippen molar-refractivity contribution in [2.75, 3.05) is 19.6 Å². The lowest BCUT2D eigenvalue weighted by molar-refractivity contribution is -0.130. The number of benzene rings is 2. The zero-order chi connectivity index (χ0) is 19.2. The largest absolute Gasteiger partial charge is 0.434 e. The molecule has 1 saturated heterocycles. The Morgan fingerprint density at radius 1 is 1.04 bits per heavy atom. The van der Waals surface area contributed by atoms with E-state index in [9.17, 15) is 13.6 Å². The number of carbonyl (C=O) groups is 1. The van der Waals surface area contributed by atoms with Gasteiger partial charge in [-0.15, -0.1) is 0 Å². The Labute approximate surface area is 158 Å². The van der Waals surface area contributed by atoms with Gasteiger partial charge in [-0.3, -0.25) is 9.69 Å². The van der Waals surface area contributed by atoms with Gasteiger partial charge in [0.25, 0.3) is 0 Å². The topological polar surface area (TPSA) is 32.8 Å². The minimum Gasteiger partial charge on any atom is -0.434 e. The molecule has 1 aliphatic heterocycles. The number of nitrogens with zero attached hydrogens (tertiary/aromatic N) is 2. The van der Waals surface area contributed by atoms with Crippen LogP contribution in [0.15, 0.2) is 48.5 Å². The van der Waals surface area contributed by atoms with Crippen LogP contribution in [0, 0.1) is 6.92 Å². The number of aryl methyl sites for hydroxylation is 1. The maximum atomic E-state index is 12.6. The molecule has 27 heavy (non-hydrogen) atoms. The van der Waals surface area contributed by atoms with E-state index in [1.165, 1.54) is 5.56 Å². The van der Waals surface area contributed by atoms with E-state index in [4.69, 9.17) is 0 Å². The number of hydrogen-bond acceptors (Lipinski definition) is 3. The Morgan fingerprint density at radius 3 is 2.63 bits per heavy atom. The van der Waals surface area contributed by atoms with Crippen molar-refractivity contribution in [2.45, 2.75) is 33.0 Å². The van der Waals surface area contributed by atoms with Crippen LogP contribution in [0.5, 0.6) is 5.75 Å². The van der Waals surface area contributed by atoms with Gasteiger partial charge in [-0.25, -0.2) is 0 Å². The summed E-state index contributed by atoms with van der Waals surface area (Å²) in [5.41, 5.74) is 3.00. The molecule has 0 radical (unpaired) electrons. The summed E-state index contributed by atoms with van der Waals surface area (Å²) in [4.78, 5) is 16.5. The molecule has 3 rings (SSSR count). The number of carbonyl (C=O) groups excluding carboxylic acids is 1. The third-order valence-electron chi connectivity index (χ3n) is 4.72. The van der Waals surface area contributed by atoms with Crippen LogP contribution < -0.4 is 4.74 Å². The molecule has 0 N–H and O–H groups in total. The van der Waals surface area contributed by atoms with E-state index >= 15 is 0 Å². The SMILES string of the molecule is Cc1cccc(CN2CCN(Cc3ccccc3OC(F)F)CCC2=O)c1. The summed E-state index contributed by atoms with van der Waals surface area (Å²) < 4.78 is 29.8. The summed E-state index contributed by atoms with van der Waals surface area (Å²) in [6.45, 7) is 2.18. The molecule has 0 unspecified atom stereocenters. The lowest BCUT2D eigenvalue weighted by Gasteiger charge is -2.23. The maximum Gasteiger partial charge on any atom is 0.387 e. The van der Waals surface area contributed by atoms with Crippen molar-refractivity contribution in [1.29, 1.82) is 0 Å². The van der Waals surface area contributed by atoms with Gasteiger partial charge in [0.1, 0.15) is 5.75 Å². The molecule has 1 heterocycles. The molecule has 0 bridgehead atoms. The minimum absolute atomic E-state index is 0.121. The van der Waals surface area contributed by atoms with Crippen molar-refractivity contribution in [3.63, 3.8) is 0 Å². The zero-order valence-electron chi connectivity index (χ0n) is 15.4. The van der Waals surface area contributed by atoms with Gasteiger partial charge in [0.2, 0.25) is 5.91 Å². The summed E-state index contributed by atoms with van der Waals surface area (Å²) in [6, 6.07) is 15.0. The third kappa shape index (κ3) is 5.50. The third-order valence-corrected chi connectivity index (χ3v) is 4.72. The van der Waals surface area contributed by atoms with Crippen molar-refractivity contribution < 1.29 is 18.3 Å². The highest BCUT2D eigenvalue weighted by molar-refractivity contribution is 5.76. The van der Waals surface area contributed by atoms with E-state index < -0.39 is 6.61 Å². The molecule has 0 aromatic heterocycles. The molecule has 0 saturated carbocycles. The Morgan fingerprint density at radius 2 is 1.85 bits per heavy atom. The van der Waals surface area contributed by atoms with E-state index in [0.717, 1.165) is 5.56 Å². The van der Waals surface area contributed by atoms with Gasteiger partial charge in [0.05, 0.1) is 0 Å². The summed E-state index contributed by atoms with van der Waals surface area (Å²) >= 11 is 0. The van der Waals surface area contributed by atoms with E-state index in [0.29, 0.717) is 44.7 Å². The van der Waals surface area contributed by atoms with Crippen molar-refractivity contribution in [1.82, 2.24) is 9.80 Å². The van der Waals surface area contributed by atoms with Gasteiger partial charge < -0.3 is 9.64 Å². The van der Waals surface area contributed by atoms with Crippen LogP contribution in [0.2, 0.25) is 0 Å². The summed E-state index contributed by atoms with van der Waals surface area (Å²) in [6.07, 6.45) is 0.420.